The number of benzene rings is 2. The lowest BCUT2D eigenvalue weighted by Gasteiger charge is -2.40. The van der Waals surface area contributed by atoms with Crippen LogP contribution in [0.3, 0.4) is 0 Å². The molecule has 1 N–H and O–H groups in total. The summed E-state index contributed by atoms with van der Waals surface area (Å²) in [5.74, 6) is 2.24. The zero-order chi connectivity index (χ0) is 20.7. The molecule has 0 bridgehead atoms. The van der Waals surface area contributed by atoms with Crippen LogP contribution in [0.1, 0.15) is 37.7 Å². The van der Waals surface area contributed by atoms with Crippen molar-refractivity contribution in [1.82, 2.24) is 4.90 Å². The zero-order valence-corrected chi connectivity index (χ0v) is 18.4. The highest BCUT2D eigenvalue weighted by atomic mass is 32.2. The monoisotopic (exact) mass is 425 g/mol. The Bertz CT molecular complexity index is 984. The minimum atomic E-state index is -3.57. The molecule has 5 rings (SSSR count). The molecule has 1 aliphatic carbocycles. The first-order valence-electron chi connectivity index (χ1n) is 11.2. The molecule has 0 radical (unpaired) electrons. The van der Waals surface area contributed by atoms with E-state index in [1.807, 2.05) is 24.3 Å². The Morgan fingerprint density at radius 3 is 2.37 bits per heavy atom. The third-order valence-electron chi connectivity index (χ3n) is 7.14. The summed E-state index contributed by atoms with van der Waals surface area (Å²) in [6.07, 6.45) is 3.69. The summed E-state index contributed by atoms with van der Waals surface area (Å²) < 4.78 is 28.3. The summed E-state index contributed by atoms with van der Waals surface area (Å²) in [5.41, 5.74) is 3.06. The van der Waals surface area contributed by atoms with Gasteiger partial charge in [0.25, 0.3) is 10.0 Å². The maximum absolute atomic E-state index is 12.8. The molecule has 0 aromatic heterocycles. The number of likely N-dealkylation sites (tertiary alicyclic amines) is 1. The van der Waals surface area contributed by atoms with Crippen molar-refractivity contribution >= 4 is 21.4 Å². The lowest BCUT2D eigenvalue weighted by atomic mass is 9.64. The van der Waals surface area contributed by atoms with E-state index in [4.69, 9.17) is 0 Å². The first-order valence-corrected chi connectivity index (χ1v) is 12.7. The fourth-order valence-corrected chi connectivity index (χ4v) is 6.36. The molecular formula is C24H31N3O2S. The number of sulfonamides is 1. The zero-order valence-electron chi connectivity index (χ0n) is 17.6. The van der Waals surface area contributed by atoms with Crippen molar-refractivity contribution in [2.75, 3.05) is 42.3 Å². The second-order valence-electron chi connectivity index (χ2n) is 9.09. The predicted molar refractivity (Wildman–Crippen MR) is 122 cm³/mol. The first-order chi connectivity index (χ1) is 14.5. The van der Waals surface area contributed by atoms with Gasteiger partial charge in [0.2, 0.25) is 0 Å². The van der Waals surface area contributed by atoms with Gasteiger partial charge in [-0.05, 0) is 85.5 Å². The second kappa shape index (κ2) is 7.89. The van der Waals surface area contributed by atoms with E-state index >= 15 is 0 Å². The minimum absolute atomic E-state index is 0.305. The molecule has 5 nitrogen and oxygen atoms in total. The van der Waals surface area contributed by atoms with Gasteiger partial charge in [-0.1, -0.05) is 19.1 Å². The van der Waals surface area contributed by atoms with Crippen LogP contribution in [0.25, 0.3) is 0 Å². The maximum atomic E-state index is 12.8. The van der Waals surface area contributed by atoms with Crippen LogP contribution in [-0.4, -0.2) is 46.0 Å². The van der Waals surface area contributed by atoms with Gasteiger partial charge in [-0.2, -0.15) is 0 Å². The van der Waals surface area contributed by atoms with Gasteiger partial charge < -0.3 is 9.80 Å². The second-order valence-corrected chi connectivity index (χ2v) is 10.8. The van der Waals surface area contributed by atoms with Gasteiger partial charge in [-0.25, -0.2) is 8.42 Å². The van der Waals surface area contributed by atoms with Crippen molar-refractivity contribution < 1.29 is 8.42 Å². The van der Waals surface area contributed by atoms with Gasteiger partial charge in [0.1, 0.15) is 0 Å². The Labute approximate surface area is 180 Å². The van der Waals surface area contributed by atoms with Gasteiger partial charge in [0.05, 0.1) is 4.90 Å². The van der Waals surface area contributed by atoms with E-state index in [-0.39, 0.29) is 0 Å². The SMILES string of the molecule is CCCN1C[C@@H]2C[C@@H](c3ccc(NS(=O)(=O)c4ccc(N5CCC5)cc4)cc3)[C@@H]2C1. The first kappa shape index (κ1) is 19.9. The molecule has 3 atom stereocenters. The highest BCUT2D eigenvalue weighted by molar-refractivity contribution is 7.92. The van der Waals surface area contributed by atoms with Crippen LogP contribution in [0.4, 0.5) is 11.4 Å². The summed E-state index contributed by atoms with van der Waals surface area (Å²) in [6, 6.07) is 15.2. The summed E-state index contributed by atoms with van der Waals surface area (Å²) >= 11 is 0. The van der Waals surface area contributed by atoms with Gasteiger partial charge in [-0.3, -0.25) is 4.72 Å². The Kier molecular flexibility index (Phi) is 5.23. The Morgan fingerprint density at radius 1 is 1.00 bits per heavy atom. The van der Waals surface area contributed by atoms with E-state index in [0.29, 0.717) is 16.5 Å². The van der Waals surface area contributed by atoms with Crippen LogP contribution in [0.15, 0.2) is 53.4 Å². The molecule has 30 heavy (non-hydrogen) atoms. The van der Waals surface area contributed by atoms with E-state index in [9.17, 15) is 8.42 Å². The third-order valence-corrected chi connectivity index (χ3v) is 8.54. The lowest BCUT2D eigenvalue weighted by molar-refractivity contribution is 0.191. The Morgan fingerprint density at radius 2 is 1.73 bits per heavy atom. The number of hydrogen-bond donors (Lipinski definition) is 1. The smallest absolute Gasteiger partial charge is 0.261 e. The molecule has 2 aromatic carbocycles. The van der Waals surface area contributed by atoms with Crippen LogP contribution in [0.2, 0.25) is 0 Å². The fraction of sp³-hybridized carbons (Fsp3) is 0.500. The van der Waals surface area contributed by atoms with E-state index < -0.39 is 10.0 Å². The topological polar surface area (TPSA) is 52.7 Å². The summed E-state index contributed by atoms with van der Waals surface area (Å²) in [6.45, 7) is 8.03. The molecular weight excluding hydrogens is 394 g/mol. The van der Waals surface area contributed by atoms with Gasteiger partial charge in [-0.15, -0.1) is 0 Å². The molecule has 0 unspecified atom stereocenters. The largest absolute Gasteiger partial charge is 0.371 e. The van der Waals surface area contributed by atoms with E-state index in [2.05, 4.69) is 33.6 Å². The maximum Gasteiger partial charge on any atom is 0.261 e. The average molecular weight is 426 g/mol. The summed E-state index contributed by atoms with van der Waals surface area (Å²) in [7, 11) is -3.57. The lowest BCUT2D eigenvalue weighted by Crippen LogP contribution is -2.36. The number of anilines is 2. The normalized spacial score (nSPS) is 26.0. The van der Waals surface area contributed by atoms with E-state index in [1.165, 1.54) is 44.5 Å². The quantitative estimate of drug-likeness (QED) is 0.724. The van der Waals surface area contributed by atoms with Crippen molar-refractivity contribution in [3.8, 4) is 0 Å². The Balaban J connectivity index is 1.23. The van der Waals surface area contributed by atoms with Crippen molar-refractivity contribution in [2.45, 2.75) is 37.0 Å². The molecule has 2 aromatic rings. The van der Waals surface area contributed by atoms with Crippen molar-refractivity contribution in [1.29, 1.82) is 0 Å². The highest BCUT2D eigenvalue weighted by Crippen LogP contribution is 2.51. The molecule has 2 saturated heterocycles. The van der Waals surface area contributed by atoms with E-state index in [1.54, 1.807) is 12.1 Å². The van der Waals surface area contributed by atoms with Gasteiger partial charge in [0.15, 0.2) is 0 Å². The number of hydrogen-bond acceptors (Lipinski definition) is 4. The van der Waals surface area contributed by atoms with Gasteiger partial charge >= 0.3 is 0 Å². The number of nitrogens with zero attached hydrogens (tertiary/aromatic N) is 2. The van der Waals surface area contributed by atoms with Crippen LogP contribution < -0.4 is 9.62 Å². The molecule has 3 fully saturated rings. The molecule has 3 aliphatic rings. The summed E-state index contributed by atoms with van der Waals surface area (Å²) in [4.78, 5) is 5.16. The predicted octanol–water partition coefficient (Wildman–Crippen LogP) is 4.14. The average Bonchev–Trinajstić information content (AvgIpc) is 2.99. The molecule has 2 heterocycles. The molecule has 0 amide bonds. The molecule has 160 valence electrons. The Hall–Kier alpha value is -2.05. The van der Waals surface area contributed by atoms with Crippen LogP contribution in [0.5, 0.6) is 0 Å². The molecule has 0 spiro atoms. The summed E-state index contributed by atoms with van der Waals surface area (Å²) in [5, 5.41) is 0. The minimum Gasteiger partial charge on any atom is -0.371 e. The fourth-order valence-electron chi connectivity index (χ4n) is 5.30. The van der Waals surface area contributed by atoms with Gasteiger partial charge in [0, 0.05) is 37.6 Å². The molecule has 1 saturated carbocycles. The number of fused-ring (bicyclic) bond motifs is 1. The van der Waals surface area contributed by atoms with Crippen LogP contribution in [0, 0.1) is 11.8 Å². The third kappa shape index (κ3) is 3.71. The van der Waals surface area contributed by atoms with Crippen molar-refractivity contribution in [3.63, 3.8) is 0 Å². The van der Waals surface area contributed by atoms with Crippen molar-refractivity contribution in [2.24, 2.45) is 11.8 Å². The van der Waals surface area contributed by atoms with Crippen LogP contribution in [-0.2, 0) is 10.0 Å². The number of nitrogens with one attached hydrogen (secondary N) is 1. The van der Waals surface area contributed by atoms with E-state index in [0.717, 1.165) is 30.6 Å². The highest BCUT2D eigenvalue weighted by Gasteiger charge is 2.46. The molecule has 6 heteroatoms. The number of rotatable bonds is 7. The van der Waals surface area contributed by atoms with Crippen LogP contribution >= 0.6 is 0 Å². The standard InChI is InChI=1S/C24H31N3O2S/c1-2-12-26-16-19-15-23(24(19)17-26)18-4-6-20(7-5-18)25-30(28,29)22-10-8-21(9-11-22)27-13-3-14-27/h4-11,19,23-25H,2-3,12-17H2,1H3/t19-,23-,24+/m0/s1. The van der Waals surface area contributed by atoms with Crippen molar-refractivity contribution in [3.05, 3.63) is 54.1 Å². The molecule has 2 aliphatic heterocycles.